The highest BCUT2D eigenvalue weighted by molar-refractivity contribution is 6.02. The normalized spacial score (nSPS) is 20.8. The maximum absolute atomic E-state index is 13.5. The largest absolute Gasteiger partial charge is 0.493 e. The first-order chi connectivity index (χ1) is 16.1. The maximum atomic E-state index is 13.5. The highest BCUT2D eigenvalue weighted by Gasteiger charge is 2.39. The number of hydrogen-bond donors (Lipinski definition) is 1. The Hall–Kier alpha value is -3.08. The van der Waals surface area contributed by atoms with Gasteiger partial charge < -0.3 is 14.8 Å². The summed E-state index contributed by atoms with van der Waals surface area (Å²) in [5.41, 5.74) is 4.77. The van der Waals surface area contributed by atoms with Gasteiger partial charge in [0.2, 0.25) is 5.91 Å². The third-order valence-corrected chi connectivity index (χ3v) is 6.74. The number of nitrogens with one attached hydrogen (secondary N) is 1. The number of ether oxygens (including phenoxy) is 2. The molecule has 2 aliphatic rings. The third-order valence-electron chi connectivity index (χ3n) is 6.74. The van der Waals surface area contributed by atoms with Crippen molar-refractivity contribution in [2.75, 3.05) is 7.11 Å². The smallest absolute Gasteiger partial charge is 0.225 e. The number of rotatable bonds is 5. The summed E-state index contributed by atoms with van der Waals surface area (Å²) >= 11 is 0. The topological polar surface area (TPSA) is 64.6 Å². The van der Waals surface area contributed by atoms with Crippen LogP contribution in [0.2, 0.25) is 0 Å². The first kappa shape index (κ1) is 24.1. The zero-order valence-electron chi connectivity index (χ0n) is 21.0. The average molecular weight is 462 g/mol. The number of amides is 1. The summed E-state index contributed by atoms with van der Waals surface area (Å²) in [5.74, 6) is 0.951. The van der Waals surface area contributed by atoms with Crippen molar-refractivity contribution in [2.45, 2.75) is 77.2 Å². The van der Waals surface area contributed by atoms with Crippen LogP contribution in [0, 0.1) is 0 Å². The summed E-state index contributed by atoms with van der Waals surface area (Å²) in [4.78, 5) is 26.3. The highest BCUT2D eigenvalue weighted by atomic mass is 16.5. The number of carbonyl (C=O) groups excluding carboxylic acids is 2. The van der Waals surface area contributed by atoms with Crippen LogP contribution in [0.4, 0.5) is 0 Å². The summed E-state index contributed by atoms with van der Waals surface area (Å²) in [6.07, 6.45) is 1.23. The van der Waals surface area contributed by atoms with Crippen LogP contribution in [0.15, 0.2) is 53.7 Å². The highest BCUT2D eigenvalue weighted by Crippen LogP contribution is 2.47. The lowest BCUT2D eigenvalue weighted by Gasteiger charge is -2.35. The van der Waals surface area contributed by atoms with Gasteiger partial charge >= 0.3 is 0 Å². The second-order valence-corrected chi connectivity index (χ2v) is 10.6. The van der Waals surface area contributed by atoms with Crippen LogP contribution < -0.4 is 14.8 Å². The van der Waals surface area contributed by atoms with Crippen molar-refractivity contribution in [1.29, 1.82) is 0 Å². The van der Waals surface area contributed by atoms with E-state index in [0.717, 1.165) is 16.8 Å². The number of ketones is 1. The minimum absolute atomic E-state index is 0.0519. The van der Waals surface area contributed by atoms with Crippen LogP contribution in [0.3, 0.4) is 0 Å². The van der Waals surface area contributed by atoms with E-state index in [1.165, 1.54) is 5.56 Å². The fourth-order valence-electron chi connectivity index (χ4n) is 5.05. The second kappa shape index (κ2) is 9.28. The van der Waals surface area contributed by atoms with E-state index in [9.17, 15) is 9.59 Å². The number of methoxy groups -OCH3 is 1. The SMILES string of the molecule is COc1cccc(C2CC(=O)NC3=C2C(=O)CC(c2ccc(C(C)(C)C)cc2)C3)c1OC(C)C. The number of benzene rings is 2. The minimum Gasteiger partial charge on any atom is -0.493 e. The Balaban J connectivity index is 1.71. The van der Waals surface area contributed by atoms with E-state index in [1.54, 1.807) is 7.11 Å². The maximum Gasteiger partial charge on any atom is 0.225 e. The van der Waals surface area contributed by atoms with Gasteiger partial charge in [0.15, 0.2) is 17.3 Å². The summed E-state index contributed by atoms with van der Waals surface area (Å²) in [5, 5.41) is 3.02. The predicted molar refractivity (Wildman–Crippen MR) is 133 cm³/mol. The van der Waals surface area contributed by atoms with Gasteiger partial charge in [0.25, 0.3) is 0 Å². The van der Waals surface area contributed by atoms with Crippen LogP contribution in [0.25, 0.3) is 0 Å². The zero-order chi connectivity index (χ0) is 24.6. The standard InChI is InChI=1S/C29H35NO4/c1-17(2)34-28-21(8-7-9-25(28)33-6)22-16-26(32)30-23-14-19(15-24(31)27(22)23)18-10-12-20(13-11-18)29(3,4)5/h7-13,17,19,22H,14-16H2,1-6H3,(H,30,32). The zero-order valence-corrected chi connectivity index (χ0v) is 21.0. The first-order valence-electron chi connectivity index (χ1n) is 12.1. The molecule has 0 fully saturated rings. The first-order valence-corrected chi connectivity index (χ1v) is 12.1. The van der Waals surface area contributed by atoms with Crippen LogP contribution >= 0.6 is 0 Å². The monoisotopic (exact) mass is 461 g/mol. The number of Topliss-reactive ketones (excluding diaryl/α,β-unsaturated/α-hetero) is 1. The molecule has 180 valence electrons. The lowest BCUT2D eigenvalue weighted by molar-refractivity contribution is -0.122. The molecule has 2 aromatic carbocycles. The van der Waals surface area contributed by atoms with Gasteiger partial charge in [-0.05, 0) is 48.8 Å². The molecule has 0 aromatic heterocycles. The van der Waals surface area contributed by atoms with Gasteiger partial charge in [-0.15, -0.1) is 0 Å². The number of carbonyl (C=O) groups is 2. The molecule has 2 unspecified atom stereocenters. The van der Waals surface area contributed by atoms with Crippen molar-refractivity contribution in [3.8, 4) is 11.5 Å². The molecule has 1 aliphatic carbocycles. The van der Waals surface area contributed by atoms with Crippen molar-refractivity contribution in [2.24, 2.45) is 0 Å². The van der Waals surface area contributed by atoms with E-state index in [1.807, 2.05) is 32.0 Å². The van der Waals surface area contributed by atoms with Crippen molar-refractivity contribution in [3.05, 3.63) is 70.4 Å². The van der Waals surface area contributed by atoms with Crippen LogP contribution in [-0.2, 0) is 15.0 Å². The Bertz CT molecular complexity index is 1120. The lowest BCUT2D eigenvalue weighted by atomic mass is 9.73. The molecule has 5 heteroatoms. The van der Waals surface area contributed by atoms with E-state index in [2.05, 4.69) is 50.4 Å². The molecule has 0 bridgehead atoms. The average Bonchev–Trinajstić information content (AvgIpc) is 2.77. The molecule has 0 saturated carbocycles. The van der Waals surface area contributed by atoms with Gasteiger partial charge in [-0.1, -0.05) is 57.2 Å². The van der Waals surface area contributed by atoms with E-state index in [4.69, 9.17) is 9.47 Å². The van der Waals surface area contributed by atoms with E-state index < -0.39 is 0 Å². The molecule has 0 spiro atoms. The lowest BCUT2D eigenvalue weighted by Crippen LogP contribution is -2.38. The molecule has 1 amide bonds. The van der Waals surface area contributed by atoms with E-state index in [0.29, 0.717) is 29.9 Å². The molecule has 0 saturated heterocycles. The summed E-state index contributed by atoms with van der Waals surface area (Å²) < 4.78 is 11.7. The van der Waals surface area contributed by atoms with Gasteiger partial charge in [0.05, 0.1) is 13.2 Å². The molecule has 2 atom stereocenters. The molecule has 5 nitrogen and oxygen atoms in total. The second-order valence-electron chi connectivity index (χ2n) is 10.6. The van der Waals surface area contributed by atoms with Crippen LogP contribution in [0.1, 0.15) is 82.4 Å². The fraction of sp³-hybridized carbons (Fsp3) is 0.448. The minimum atomic E-state index is -0.343. The van der Waals surface area contributed by atoms with Crippen molar-refractivity contribution in [1.82, 2.24) is 5.32 Å². The molecule has 4 rings (SSSR count). The van der Waals surface area contributed by atoms with Crippen molar-refractivity contribution < 1.29 is 19.1 Å². The Morgan fingerprint density at radius 2 is 1.68 bits per heavy atom. The van der Waals surface area contributed by atoms with E-state index in [-0.39, 0.29) is 41.5 Å². The molecular formula is C29H35NO4. The Kier molecular flexibility index (Phi) is 6.57. The Labute approximate surface area is 202 Å². The molecule has 34 heavy (non-hydrogen) atoms. The summed E-state index contributed by atoms with van der Waals surface area (Å²) in [6, 6.07) is 14.2. The Morgan fingerprint density at radius 1 is 0.971 bits per heavy atom. The van der Waals surface area contributed by atoms with Crippen molar-refractivity contribution in [3.63, 3.8) is 0 Å². The molecule has 0 radical (unpaired) electrons. The van der Waals surface area contributed by atoms with Crippen LogP contribution in [0.5, 0.6) is 11.5 Å². The van der Waals surface area contributed by atoms with Gasteiger partial charge in [-0.25, -0.2) is 0 Å². The molecule has 1 aliphatic heterocycles. The van der Waals surface area contributed by atoms with E-state index >= 15 is 0 Å². The molecule has 1 heterocycles. The van der Waals surface area contributed by atoms with Gasteiger partial charge in [-0.3, -0.25) is 9.59 Å². The van der Waals surface area contributed by atoms with Gasteiger partial charge in [-0.2, -0.15) is 0 Å². The Morgan fingerprint density at radius 3 is 2.29 bits per heavy atom. The van der Waals surface area contributed by atoms with Crippen molar-refractivity contribution >= 4 is 11.7 Å². The van der Waals surface area contributed by atoms with Crippen LogP contribution in [-0.4, -0.2) is 24.9 Å². The van der Waals surface area contributed by atoms with Gasteiger partial charge in [0, 0.05) is 35.6 Å². The summed E-state index contributed by atoms with van der Waals surface area (Å²) in [7, 11) is 1.60. The third kappa shape index (κ3) is 4.75. The predicted octanol–water partition coefficient (Wildman–Crippen LogP) is 5.78. The summed E-state index contributed by atoms with van der Waals surface area (Å²) in [6.45, 7) is 10.5. The molecule has 2 aromatic rings. The molecule has 1 N–H and O–H groups in total. The number of allylic oxidation sites excluding steroid dienone is 2. The molecular weight excluding hydrogens is 426 g/mol. The van der Waals surface area contributed by atoms with Gasteiger partial charge in [0.1, 0.15) is 0 Å². The fourth-order valence-corrected chi connectivity index (χ4v) is 5.05. The number of para-hydroxylation sites is 1. The quantitative estimate of drug-likeness (QED) is 0.613. The number of hydrogen-bond acceptors (Lipinski definition) is 4.